The SMILES string of the molecule is CCC(=O)NCCC1=c2ccccc2=NC1=Cc1c(O)n(-c2ccccc2C)c(=S)[nH]c1=O. The molecule has 1 amide bonds. The van der Waals surface area contributed by atoms with Gasteiger partial charge < -0.3 is 10.4 Å². The molecule has 33 heavy (non-hydrogen) atoms. The van der Waals surface area contributed by atoms with Crippen LogP contribution in [0, 0.1) is 11.7 Å². The number of hydrogen-bond donors (Lipinski definition) is 3. The van der Waals surface area contributed by atoms with Crippen molar-refractivity contribution in [1.82, 2.24) is 14.9 Å². The van der Waals surface area contributed by atoms with E-state index < -0.39 is 5.56 Å². The molecule has 1 aromatic heterocycles. The third-order valence-electron chi connectivity index (χ3n) is 5.56. The van der Waals surface area contributed by atoms with E-state index in [9.17, 15) is 14.7 Å². The van der Waals surface area contributed by atoms with Gasteiger partial charge in [-0.3, -0.25) is 19.1 Å². The number of aryl methyl sites for hydroxylation is 1. The van der Waals surface area contributed by atoms with Crippen molar-refractivity contribution in [3.8, 4) is 11.6 Å². The Kier molecular flexibility index (Phi) is 6.37. The summed E-state index contributed by atoms with van der Waals surface area (Å²) in [5, 5.41) is 15.7. The number of aromatic hydroxyl groups is 1. The molecule has 3 aromatic rings. The molecular formula is C25H24N4O3S. The lowest BCUT2D eigenvalue weighted by atomic mass is 10.1. The number of para-hydroxylation sites is 2. The third-order valence-corrected chi connectivity index (χ3v) is 5.84. The van der Waals surface area contributed by atoms with Crippen LogP contribution in [0.1, 0.15) is 30.9 Å². The van der Waals surface area contributed by atoms with Crippen molar-refractivity contribution in [2.24, 2.45) is 4.99 Å². The highest BCUT2D eigenvalue weighted by molar-refractivity contribution is 7.71. The lowest BCUT2D eigenvalue weighted by molar-refractivity contribution is -0.120. The first-order valence-electron chi connectivity index (χ1n) is 10.7. The highest BCUT2D eigenvalue weighted by atomic mass is 32.1. The summed E-state index contributed by atoms with van der Waals surface area (Å²) in [6.07, 6.45) is 2.52. The van der Waals surface area contributed by atoms with Gasteiger partial charge in [0, 0.05) is 18.2 Å². The Morgan fingerprint density at radius 2 is 1.94 bits per heavy atom. The number of aromatic amines is 1. The zero-order chi connectivity index (χ0) is 23.5. The second-order valence-electron chi connectivity index (χ2n) is 7.71. The number of allylic oxidation sites excluding steroid dienone is 1. The summed E-state index contributed by atoms with van der Waals surface area (Å²) in [6, 6.07) is 15.1. The number of rotatable bonds is 6. The molecule has 0 bridgehead atoms. The molecule has 1 aliphatic heterocycles. The minimum Gasteiger partial charge on any atom is -0.494 e. The normalized spacial score (nSPS) is 13.6. The minimum atomic E-state index is -0.500. The first-order chi connectivity index (χ1) is 15.9. The van der Waals surface area contributed by atoms with Crippen molar-refractivity contribution >= 4 is 29.8 Å². The van der Waals surface area contributed by atoms with Crippen LogP contribution in [-0.2, 0) is 4.79 Å². The smallest absolute Gasteiger partial charge is 0.262 e. The average Bonchev–Trinajstić information content (AvgIpc) is 3.15. The molecule has 168 valence electrons. The van der Waals surface area contributed by atoms with Crippen LogP contribution in [0.25, 0.3) is 17.3 Å². The molecule has 3 N–H and O–H groups in total. The monoisotopic (exact) mass is 460 g/mol. The molecule has 2 heterocycles. The predicted molar refractivity (Wildman–Crippen MR) is 130 cm³/mol. The van der Waals surface area contributed by atoms with Gasteiger partial charge >= 0.3 is 0 Å². The Balaban J connectivity index is 1.85. The maximum absolute atomic E-state index is 12.8. The van der Waals surface area contributed by atoms with Gasteiger partial charge in [-0.15, -0.1) is 0 Å². The van der Waals surface area contributed by atoms with E-state index in [4.69, 9.17) is 12.2 Å². The largest absolute Gasteiger partial charge is 0.494 e. The van der Waals surface area contributed by atoms with Gasteiger partial charge in [0.15, 0.2) is 4.77 Å². The lowest BCUT2D eigenvalue weighted by Crippen LogP contribution is -2.26. The molecule has 0 aliphatic carbocycles. The fraction of sp³-hybridized carbons (Fsp3) is 0.200. The molecule has 0 saturated heterocycles. The molecule has 0 unspecified atom stereocenters. The number of amides is 1. The van der Waals surface area contributed by atoms with E-state index in [1.165, 1.54) is 4.57 Å². The zero-order valence-corrected chi connectivity index (χ0v) is 19.2. The van der Waals surface area contributed by atoms with Crippen LogP contribution in [0.15, 0.2) is 64.0 Å². The van der Waals surface area contributed by atoms with Crippen molar-refractivity contribution in [3.63, 3.8) is 0 Å². The molecule has 0 fully saturated rings. The number of carbonyl (C=O) groups excluding carboxylic acids is 1. The number of carbonyl (C=O) groups is 1. The Morgan fingerprint density at radius 1 is 1.21 bits per heavy atom. The van der Waals surface area contributed by atoms with Crippen molar-refractivity contribution in [3.05, 3.63) is 91.1 Å². The van der Waals surface area contributed by atoms with Crippen molar-refractivity contribution in [1.29, 1.82) is 0 Å². The van der Waals surface area contributed by atoms with E-state index in [0.29, 0.717) is 30.8 Å². The van der Waals surface area contributed by atoms with E-state index in [1.54, 1.807) is 13.0 Å². The molecule has 0 radical (unpaired) electrons. The van der Waals surface area contributed by atoms with Crippen LogP contribution in [-0.4, -0.2) is 27.1 Å². The fourth-order valence-corrected chi connectivity index (χ4v) is 4.12. The third kappa shape index (κ3) is 4.42. The van der Waals surface area contributed by atoms with E-state index in [0.717, 1.165) is 21.7 Å². The highest BCUT2D eigenvalue weighted by Crippen LogP contribution is 2.26. The average molecular weight is 461 g/mol. The van der Waals surface area contributed by atoms with Crippen LogP contribution < -0.4 is 21.5 Å². The summed E-state index contributed by atoms with van der Waals surface area (Å²) in [6.45, 7) is 4.15. The molecule has 8 heteroatoms. The number of benzene rings is 2. The lowest BCUT2D eigenvalue weighted by Gasteiger charge is -2.14. The summed E-state index contributed by atoms with van der Waals surface area (Å²) < 4.78 is 1.55. The molecule has 0 saturated carbocycles. The summed E-state index contributed by atoms with van der Waals surface area (Å²) in [7, 11) is 0. The molecule has 4 rings (SSSR count). The summed E-state index contributed by atoms with van der Waals surface area (Å²) in [5.74, 6) is -0.283. The van der Waals surface area contributed by atoms with Gasteiger partial charge in [0.25, 0.3) is 5.56 Å². The zero-order valence-electron chi connectivity index (χ0n) is 18.4. The molecule has 0 spiro atoms. The van der Waals surface area contributed by atoms with Crippen LogP contribution in [0.5, 0.6) is 5.88 Å². The van der Waals surface area contributed by atoms with Gasteiger partial charge in [-0.25, -0.2) is 4.99 Å². The van der Waals surface area contributed by atoms with Crippen molar-refractivity contribution in [2.75, 3.05) is 6.54 Å². The maximum atomic E-state index is 12.8. The Hall–Kier alpha value is -3.78. The quantitative estimate of drug-likeness (QED) is 0.493. The number of nitrogens with zero attached hydrogens (tertiary/aromatic N) is 2. The van der Waals surface area contributed by atoms with Crippen LogP contribution in [0.3, 0.4) is 0 Å². The number of H-pyrrole nitrogens is 1. The van der Waals surface area contributed by atoms with Gasteiger partial charge in [-0.05, 0) is 54.9 Å². The van der Waals surface area contributed by atoms with E-state index in [1.807, 2.05) is 55.5 Å². The van der Waals surface area contributed by atoms with Gasteiger partial charge in [0.2, 0.25) is 11.8 Å². The maximum Gasteiger partial charge on any atom is 0.262 e. The van der Waals surface area contributed by atoms with Gasteiger partial charge in [0.1, 0.15) is 5.56 Å². The van der Waals surface area contributed by atoms with Gasteiger partial charge in [0.05, 0.1) is 16.7 Å². The second-order valence-corrected chi connectivity index (χ2v) is 8.10. The number of hydrogen-bond acceptors (Lipinski definition) is 5. The van der Waals surface area contributed by atoms with Crippen molar-refractivity contribution < 1.29 is 9.90 Å². The molecule has 1 aliphatic rings. The molecule has 2 aromatic carbocycles. The number of fused-ring (bicyclic) bond motifs is 1. The standard InChI is InChI=1S/C25H24N4O3S/c1-3-22(30)26-13-12-17-16-9-5-6-10-19(16)27-20(17)14-18-23(31)28-25(33)29(24(18)32)21-11-7-4-8-15(21)2/h4-11,14,32H,3,12-13H2,1-2H3,(H,26,30)(H,28,31,33). The topological polar surface area (TPSA) is 99.5 Å². The predicted octanol–water partition coefficient (Wildman–Crippen LogP) is 2.65. The summed E-state index contributed by atoms with van der Waals surface area (Å²) in [4.78, 5) is 31.8. The first-order valence-corrected chi connectivity index (χ1v) is 11.1. The van der Waals surface area contributed by atoms with Gasteiger partial charge in [-0.2, -0.15) is 0 Å². The molecule has 0 atom stereocenters. The molecular weight excluding hydrogens is 436 g/mol. The van der Waals surface area contributed by atoms with Crippen LogP contribution in [0.4, 0.5) is 0 Å². The minimum absolute atomic E-state index is 0.0289. The van der Waals surface area contributed by atoms with E-state index >= 15 is 0 Å². The Bertz CT molecular complexity index is 1520. The molecule has 7 nitrogen and oxygen atoms in total. The fourth-order valence-electron chi connectivity index (χ4n) is 3.84. The second kappa shape index (κ2) is 9.38. The van der Waals surface area contributed by atoms with Gasteiger partial charge in [-0.1, -0.05) is 43.3 Å². The number of aromatic nitrogens is 2. The van der Waals surface area contributed by atoms with E-state index in [-0.39, 0.29) is 22.1 Å². The summed E-state index contributed by atoms with van der Waals surface area (Å²) in [5.41, 5.74) is 2.59. The van der Waals surface area contributed by atoms with Crippen LogP contribution >= 0.6 is 12.2 Å². The number of nitrogens with one attached hydrogen (secondary N) is 2. The first kappa shape index (κ1) is 22.4. The Labute approximate surface area is 195 Å². The Morgan fingerprint density at radius 3 is 2.70 bits per heavy atom. The van der Waals surface area contributed by atoms with E-state index in [2.05, 4.69) is 15.3 Å². The highest BCUT2D eigenvalue weighted by Gasteiger charge is 2.18. The van der Waals surface area contributed by atoms with Crippen molar-refractivity contribution in [2.45, 2.75) is 26.7 Å². The summed E-state index contributed by atoms with van der Waals surface area (Å²) >= 11 is 5.34. The van der Waals surface area contributed by atoms with Crippen LogP contribution in [0.2, 0.25) is 0 Å².